The first-order chi connectivity index (χ1) is 17.4. The molecule has 6 nitrogen and oxygen atoms in total. The van der Waals surface area contributed by atoms with Gasteiger partial charge in [0.15, 0.2) is 0 Å². The van der Waals surface area contributed by atoms with Crippen molar-refractivity contribution in [2.75, 3.05) is 43.0 Å². The molecule has 0 unspecified atom stereocenters. The molecule has 1 aliphatic rings. The highest BCUT2D eigenvalue weighted by molar-refractivity contribution is 6.37. The number of rotatable bonds is 7. The molecule has 3 aromatic rings. The topological polar surface area (TPSA) is 61.9 Å². The number of benzene rings is 3. The van der Waals surface area contributed by atoms with Gasteiger partial charge in [0.25, 0.3) is 11.8 Å². The first kappa shape index (κ1) is 26.1. The summed E-state index contributed by atoms with van der Waals surface area (Å²) in [4.78, 5) is 29.5. The number of nitrogens with one attached hydrogen (secondary N) is 1. The summed E-state index contributed by atoms with van der Waals surface area (Å²) in [6.07, 6.45) is 0.935. The number of hydrogen-bond donors (Lipinski definition) is 1. The minimum atomic E-state index is -0.349. The zero-order valence-electron chi connectivity index (χ0n) is 19.8. The van der Waals surface area contributed by atoms with Crippen LogP contribution in [-0.2, 0) is 0 Å². The van der Waals surface area contributed by atoms with Crippen LogP contribution in [0.25, 0.3) is 0 Å². The molecular weight excluding hydrogens is 521 g/mol. The summed E-state index contributed by atoms with van der Waals surface area (Å²) in [6, 6.07) is 17.4. The number of halogens is 3. The molecule has 0 aromatic heterocycles. The van der Waals surface area contributed by atoms with Gasteiger partial charge in [-0.2, -0.15) is 0 Å². The number of nitrogens with zero attached hydrogens (tertiary/aromatic N) is 2. The van der Waals surface area contributed by atoms with Crippen molar-refractivity contribution in [1.29, 1.82) is 0 Å². The van der Waals surface area contributed by atoms with Gasteiger partial charge in [0, 0.05) is 42.5 Å². The maximum absolute atomic E-state index is 12.9. The van der Waals surface area contributed by atoms with Gasteiger partial charge < -0.3 is 19.9 Å². The van der Waals surface area contributed by atoms with E-state index in [1.54, 1.807) is 36.4 Å². The third kappa shape index (κ3) is 6.25. The van der Waals surface area contributed by atoms with Gasteiger partial charge in [-0.15, -0.1) is 0 Å². The van der Waals surface area contributed by atoms with E-state index >= 15 is 0 Å². The number of anilines is 2. The van der Waals surface area contributed by atoms with Gasteiger partial charge in [-0.1, -0.05) is 41.7 Å². The zero-order chi connectivity index (χ0) is 25.7. The van der Waals surface area contributed by atoms with Gasteiger partial charge >= 0.3 is 0 Å². The van der Waals surface area contributed by atoms with Crippen molar-refractivity contribution in [3.8, 4) is 5.75 Å². The highest BCUT2D eigenvalue weighted by Gasteiger charge is 2.23. The summed E-state index contributed by atoms with van der Waals surface area (Å²) in [6.45, 7) is 5.16. The number of amides is 2. The third-order valence-corrected chi connectivity index (χ3v) is 6.71. The standard InChI is InChI=1S/C27H26Cl3N3O3/c1-2-15-36-21-7-3-18(4-8-21)27(35)33-13-11-32(12-14-33)25-10-6-20(17-24(25)30)31-26(34)22-9-5-19(28)16-23(22)29/h3-10,16-17H,2,11-15H2,1H3,(H,31,34). The maximum Gasteiger partial charge on any atom is 0.257 e. The Balaban J connectivity index is 1.35. The molecule has 0 aliphatic carbocycles. The fourth-order valence-electron chi connectivity index (χ4n) is 3.96. The first-order valence-electron chi connectivity index (χ1n) is 11.7. The van der Waals surface area contributed by atoms with Crippen LogP contribution in [0, 0.1) is 0 Å². The Hall–Kier alpha value is -2.93. The van der Waals surface area contributed by atoms with Crippen LogP contribution in [0.15, 0.2) is 60.7 Å². The molecule has 1 saturated heterocycles. The monoisotopic (exact) mass is 545 g/mol. The second-order valence-electron chi connectivity index (χ2n) is 8.40. The fraction of sp³-hybridized carbons (Fsp3) is 0.259. The Morgan fingerprint density at radius 1 is 0.889 bits per heavy atom. The molecule has 1 aliphatic heterocycles. The van der Waals surface area contributed by atoms with Gasteiger partial charge in [0.05, 0.1) is 27.9 Å². The lowest BCUT2D eigenvalue weighted by Gasteiger charge is -2.36. The van der Waals surface area contributed by atoms with Gasteiger partial charge in [-0.3, -0.25) is 9.59 Å². The van der Waals surface area contributed by atoms with Crippen molar-refractivity contribution in [2.24, 2.45) is 0 Å². The van der Waals surface area contributed by atoms with E-state index in [9.17, 15) is 9.59 Å². The largest absolute Gasteiger partial charge is 0.494 e. The van der Waals surface area contributed by atoms with E-state index < -0.39 is 0 Å². The number of piperazine rings is 1. The SMILES string of the molecule is CCCOc1ccc(C(=O)N2CCN(c3ccc(NC(=O)c4ccc(Cl)cc4Cl)cc3Cl)CC2)cc1. The normalized spacial score (nSPS) is 13.4. The smallest absolute Gasteiger partial charge is 0.257 e. The van der Waals surface area contributed by atoms with Crippen LogP contribution in [0.4, 0.5) is 11.4 Å². The van der Waals surface area contributed by atoms with Crippen molar-refractivity contribution < 1.29 is 14.3 Å². The maximum atomic E-state index is 12.9. The molecule has 4 rings (SSSR count). The number of ether oxygens (including phenoxy) is 1. The molecule has 1 fully saturated rings. The van der Waals surface area contributed by atoms with E-state index in [1.165, 1.54) is 6.07 Å². The zero-order valence-corrected chi connectivity index (χ0v) is 22.0. The van der Waals surface area contributed by atoms with Gasteiger partial charge in [0.2, 0.25) is 0 Å². The number of carbonyl (C=O) groups excluding carboxylic acids is 2. The Kier molecular flexibility index (Phi) is 8.62. The predicted molar refractivity (Wildman–Crippen MR) is 146 cm³/mol. The Labute approximate surface area is 225 Å². The van der Waals surface area contributed by atoms with E-state index in [0.29, 0.717) is 59.6 Å². The minimum absolute atomic E-state index is 0.00158. The fourth-order valence-corrected chi connectivity index (χ4v) is 4.75. The summed E-state index contributed by atoms with van der Waals surface area (Å²) in [5.74, 6) is 0.419. The third-order valence-electron chi connectivity index (χ3n) is 5.86. The van der Waals surface area contributed by atoms with Crippen molar-refractivity contribution >= 4 is 58.0 Å². The molecule has 0 bridgehead atoms. The first-order valence-corrected chi connectivity index (χ1v) is 12.8. The van der Waals surface area contributed by atoms with E-state index in [4.69, 9.17) is 39.5 Å². The lowest BCUT2D eigenvalue weighted by Crippen LogP contribution is -2.48. The second-order valence-corrected chi connectivity index (χ2v) is 9.65. The quantitative estimate of drug-likeness (QED) is 0.360. The molecule has 0 atom stereocenters. The van der Waals surface area contributed by atoms with Crippen LogP contribution >= 0.6 is 34.8 Å². The predicted octanol–water partition coefficient (Wildman–Crippen LogP) is 6.65. The van der Waals surface area contributed by atoms with Gasteiger partial charge in [-0.05, 0) is 67.1 Å². The molecule has 1 heterocycles. The highest BCUT2D eigenvalue weighted by atomic mass is 35.5. The molecule has 1 N–H and O–H groups in total. The molecule has 3 aromatic carbocycles. The van der Waals surface area contributed by atoms with Crippen LogP contribution < -0.4 is 15.0 Å². The molecule has 0 saturated carbocycles. The van der Waals surface area contributed by atoms with Crippen molar-refractivity contribution in [2.45, 2.75) is 13.3 Å². The van der Waals surface area contributed by atoms with Crippen LogP contribution in [0.2, 0.25) is 15.1 Å². The molecule has 0 spiro atoms. The van der Waals surface area contributed by atoms with Crippen molar-refractivity contribution in [3.05, 3.63) is 86.9 Å². The Morgan fingerprint density at radius 2 is 1.61 bits per heavy atom. The molecule has 9 heteroatoms. The molecule has 36 heavy (non-hydrogen) atoms. The summed E-state index contributed by atoms with van der Waals surface area (Å²) < 4.78 is 5.59. The van der Waals surface area contributed by atoms with Crippen molar-refractivity contribution in [3.63, 3.8) is 0 Å². The van der Waals surface area contributed by atoms with E-state index in [2.05, 4.69) is 17.1 Å². The summed E-state index contributed by atoms with van der Waals surface area (Å²) in [7, 11) is 0. The Bertz CT molecular complexity index is 1240. The van der Waals surface area contributed by atoms with Crippen LogP contribution in [0.5, 0.6) is 5.75 Å². The van der Waals surface area contributed by atoms with Crippen LogP contribution in [0.1, 0.15) is 34.1 Å². The second kappa shape index (κ2) is 11.9. The minimum Gasteiger partial charge on any atom is -0.494 e. The van der Waals surface area contributed by atoms with E-state index in [0.717, 1.165) is 17.9 Å². The summed E-state index contributed by atoms with van der Waals surface area (Å²) >= 11 is 18.6. The molecule has 2 amide bonds. The lowest BCUT2D eigenvalue weighted by atomic mass is 10.1. The molecule has 188 valence electrons. The van der Waals surface area contributed by atoms with Crippen molar-refractivity contribution in [1.82, 2.24) is 4.90 Å². The molecular formula is C27H26Cl3N3O3. The Morgan fingerprint density at radius 3 is 2.25 bits per heavy atom. The number of carbonyl (C=O) groups is 2. The molecule has 0 radical (unpaired) electrons. The average Bonchev–Trinajstić information content (AvgIpc) is 2.87. The van der Waals surface area contributed by atoms with E-state index in [1.807, 2.05) is 23.1 Å². The summed E-state index contributed by atoms with van der Waals surface area (Å²) in [5.41, 5.74) is 2.38. The highest BCUT2D eigenvalue weighted by Crippen LogP contribution is 2.31. The van der Waals surface area contributed by atoms with Gasteiger partial charge in [0.1, 0.15) is 5.75 Å². The van der Waals surface area contributed by atoms with E-state index in [-0.39, 0.29) is 16.8 Å². The number of hydrogen-bond acceptors (Lipinski definition) is 4. The van der Waals surface area contributed by atoms with Crippen LogP contribution in [0.3, 0.4) is 0 Å². The average molecular weight is 547 g/mol. The summed E-state index contributed by atoms with van der Waals surface area (Å²) in [5, 5.41) is 4.06. The van der Waals surface area contributed by atoms with Crippen LogP contribution in [-0.4, -0.2) is 49.5 Å². The van der Waals surface area contributed by atoms with Gasteiger partial charge in [-0.25, -0.2) is 0 Å². The lowest BCUT2D eigenvalue weighted by molar-refractivity contribution is 0.0746.